The van der Waals surface area contributed by atoms with Crippen LogP contribution in [0.5, 0.6) is 0 Å². The molecule has 3 aromatic rings. The summed E-state index contributed by atoms with van der Waals surface area (Å²) in [6.45, 7) is 2.24. The van der Waals surface area contributed by atoms with Crippen LogP contribution in [0.1, 0.15) is 17.7 Å². The van der Waals surface area contributed by atoms with Crippen LogP contribution in [0.2, 0.25) is 0 Å². The highest BCUT2D eigenvalue weighted by atomic mass is 16.3. The normalized spacial score (nSPS) is 16.8. The van der Waals surface area contributed by atoms with Gasteiger partial charge in [-0.2, -0.15) is 0 Å². The van der Waals surface area contributed by atoms with Crippen molar-refractivity contribution in [2.75, 3.05) is 13.1 Å². The van der Waals surface area contributed by atoms with Crippen molar-refractivity contribution < 1.29 is 14.0 Å². The van der Waals surface area contributed by atoms with Crippen molar-refractivity contribution in [2.45, 2.75) is 25.6 Å². The Morgan fingerprint density at radius 1 is 1.03 bits per heavy atom. The summed E-state index contributed by atoms with van der Waals surface area (Å²) in [6.07, 6.45) is 1.69. The number of amides is 2. The van der Waals surface area contributed by atoms with Crippen LogP contribution < -0.4 is 10.6 Å². The number of nitrogens with one attached hydrogen (secondary N) is 2. The van der Waals surface area contributed by atoms with Gasteiger partial charge in [0.25, 0.3) is 0 Å². The van der Waals surface area contributed by atoms with Gasteiger partial charge in [-0.1, -0.05) is 54.6 Å². The molecule has 1 aliphatic rings. The van der Waals surface area contributed by atoms with Crippen LogP contribution >= 0.6 is 0 Å². The average molecular weight is 403 g/mol. The number of carbonyl (C=O) groups is 2. The van der Waals surface area contributed by atoms with E-state index in [-0.39, 0.29) is 18.2 Å². The van der Waals surface area contributed by atoms with Crippen molar-refractivity contribution in [1.29, 1.82) is 0 Å². The molecule has 0 bridgehead atoms. The monoisotopic (exact) mass is 403 g/mol. The lowest BCUT2D eigenvalue weighted by Gasteiger charge is -2.34. The molecule has 2 N–H and O–H groups in total. The van der Waals surface area contributed by atoms with Crippen molar-refractivity contribution in [3.63, 3.8) is 0 Å². The highest BCUT2D eigenvalue weighted by molar-refractivity contribution is 5.88. The summed E-state index contributed by atoms with van der Waals surface area (Å²) < 4.78 is 5.23. The zero-order chi connectivity index (χ0) is 20.8. The van der Waals surface area contributed by atoms with Crippen molar-refractivity contribution in [2.24, 2.45) is 0 Å². The van der Waals surface area contributed by atoms with E-state index in [2.05, 4.69) is 51.9 Å². The molecule has 2 amide bonds. The maximum Gasteiger partial charge on any atom is 0.237 e. The molecule has 1 fully saturated rings. The lowest BCUT2D eigenvalue weighted by molar-refractivity contribution is -0.134. The Morgan fingerprint density at radius 3 is 2.53 bits per heavy atom. The number of carbonyl (C=O) groups excluding carboxylic acids is 2. The van der Waals surface area contributed by atoms with Crippen LogP contribution in [0, 0.1) is 0 Å². The van der Waals surface area contributed by atoms with E-state index in [4.69, 9.17) is 4.42 Å². The first-order valence-corrected chi connectivity index (χ1v) is 10.1. The first-order chi connectivity index (χ1) is 14.7. The van der Waals surface area contributed by atoms with Crippen molar-refractivity contribution in [3.8, 4) is 11.1 Å². The maximum atomic E-state index is 12.5. The van der Waals surface area contributed by atoms with E-state index in [1.807, 2.05) is 18.2 Å². The van der Waals surface area contributed by atoms with Gasteiger partial charge < -0.3 is 15.1 Å². The topological polar surface area (TPSA) is 74.6 Å². The van der Waals surface area contributed by atoms with Crippen LogP contribution in [0.4, 0.5) is 0 Å². The molecule has 6 nitrogen and oxygen atoms in total. The standard InChI is InChI=1S/C24H25N3O3/c28-23(26-16-21-7-4-14-30-21)15-22-24(29)25-12-13-27(22)17-18-8-10-20(11-9-18)19-5-2-1-3-6-19/h1-11,14,22H,12-13,15-17H2,(H,25,29)(H,26,28). The lowest BCUT2D eigenvalue weighted by atomic mass is 10.0. The Balaban J connectivity index is 1.38. The Labute approximate surface area is 175 Å². The molecule has 2 heterocycles. The van der Waals surface area contributed by atoms with Crippen LogP contribution in [-0.4, -0.2) is 35.8 Å². The van der Waals surface area contributed by atoms with Crippen molar-refractivity contribution in [1.82, 2.24) is 15.5 Å². The number of nitrogens with zero attached hydrogens (tertiary/aromatic N) is 1. The Bertz CT molecular complexity index is 969. The first-order valence-electron chi connectivity index (χ1n) is 10.1. The van der Waals surface area contributed by atoms with Gasteiger partial charge in [0.1, 0.15) is 5.76 Å². The van der Waals surface area contributed by atoms with E-state index in [0.29, 0.717) is 31.9 Å². The SMILES string of the molecule is O=C(CC1C(=O)NCCN1Cc1ccc(-c2ccccc2)cc1)NCc1ccco1. The van der Waals surface area contributed by atoms with E-state index < -0.39 is 6.04 Å². The van der Waals surface area contributed by atoms with Gasteiger partial charge in [0, 0.05) is 19.6 Å². The minimum Gasteiger partial charge on any atom is -0.467 e. The molecule has 1 atom stereocenters. The summed E-state index contributed by atoms with van der Waals surface area (Å²) in [6, 6.07) is 21.7. The molecule has 2 aromatic carbocycles. The Kier molecular flexibility index (Phi) is 6.25. The molecule has 154 valence electrons. The molecule has 1 saturated heterocycles. The summed E-state index contributed by atoms with van der Waals surface area (Å²) in [5.41, 5.74) is 3.45. The smallest absolute Gasteiger partial charge is 0.237 e. The fourth-order valence-corrected chi connectivity index (χ4v) is 3.69. The number of hydrogen-bond donors (Lipinski definition) is 2. The van der Waals surface area contributed by atoms with Crippen LogP contribution in [-0.2, 0) is 22.7 Å². The molecular formula is C24H25N3O3. The quantitative estimate of drug-likeness (QED) is 0.636. The predicted octanol–water partition coefficient (Wildman–Crippen LogP) is 2.95. The number of furan rings is 1. The second-order valence-corrected chi connectivity index (χ2v) is 7.40. The van der Waals surface area contributed by atoms with Gasteiger partial charge in [0.15, 0.2) is 0 Å². The third-order valence-electron chi connectivity index (χ3n) is 5.31. The summed E-state index contributed by atoms with van der Waals surface area (Å²) in [4.78, 5) is 26.9. The fourth-order valence-electron chi connectivity index (χ4n) is 3.69. The van der Waals surface area contributed by atoms with Gasteiger partial charge in [-0.25, -0.2) is 0 Å². The molecule has 4 rings (SSSR count). The predicted molar refractivity (Wildman–Crippen MR) is 114 cm³/mol. The van der Waals surface area contributed by atoms with Crippen molar-refractivity contribution >= 4 is 11.8 Å². The number of benzene rings is 2. The molecule has 1 aromatic heterocycles. The van der Waals surface area contributed by atoms with E-state index in [9.17, 15) is 9.59 Å². The van der Waals surface area contributed by atoms with Crippen LogP contribution in [0.25, 0.3) is 11.1 Å². The molecule has 0 aliphatic carbocycles. The lowest BCUT2D eigenvalue weighted by Crippen LogP contribution is -2.56. The molecular weight excluding hydrogens is 378 g/mol. The number of hydrogen-bond acceptors (Lipinski definition) is 4. The third-order valence-corrected chi connectivity index (χ3v) is 5.31. The molecule has 0 saturated carbocycles. The fraction of sp³-hybridized carbons (Fsp3) is 0.250. The van der Waals surface area contributed by atoms with Gasteiger partial charge in [-0.3, -0.25) is 14.5 Å². The van der Waals surface area contributed by atoms with Gasteiger partial charge in [-0.05, 0) is 28.8 Å². The third kappa shape index (κ3) is 4.96. The maximum absolute atomic E-state index is 12.5. The Hall–Kier alpha value is -3.38. The average Bonchev–Trinajstić information content (AvgIpc) is 3.30. The minimum atomic E-state index is -0.482. The molecule has 1 aliphatic heterocycles. The zero-order valence-electron chi connectivity index (χ0n) is 16.7. The molecule has 0 radical (unpaired) electrons. The van der Waals surface area contributed by atoms with E-state index in [0.717, 1.165) is 11.1 Å². The molecule has 0 spiro atoms. The summed E-state index contributed by atoms with van der Waals surface area (Å²) in [5.74, 6) is 0.417. The summed E-state index contributed by atoms with van der Waals surface area (Å²) in [5, 5.41) is 5.70. The minimum absolute atomic E-state index is 0.102. The highest BCUT2D eigenvalue weighted by Gasteiger charge is 2.31. The molecule has 30 heavy (non-hydrogen) atoms. The second kappa shape index (κ2) is 9.41. The highest BCUT2D eigenvalue weighted by Crippen LogP contribution is 2.21. The van der Waals surface area contributed by atoms with Gasteiger partial charge in [0.2, 0.25) is 11.8 Å². The van der Waals surface area contributed by atoms with Gasteiger partial charge in [-0.15, -0.1) is 0 Å². The van der Waals surface area contributed by atoms with E-state index in [1.165, 1.54) is 5.56 Å². The van der Waals surface area contributed by atoms with Gasteiger partial charge >= 0.3 is 0 Å². The summed E-state index contributed by atoms with van der Waals surface area (Å²) >= 11 is 0. The van der Waals surface area contributed by atoms with Crippen LogP contribution in [0.15, 0.2) is 77.4 Å². The van der Waals surface area contributed by atoms with Gasteiger partial charge in [0.05, 0.1) is 25.3 Å². The first kappa shape index (κ1) is 19.9. The van der Waals surface area contributed by atoms with Crippen molar-refractivity contribution in [3.05, 3.63) is 84.3 Å². The van der Waals surface area contributed by atoms with Crippen LogP contribution in [0.3, 0.4) is 0 Å². The molecule has 6 heteroatoms. The summed E-state index contributed by atoms with van der Waals surface area (Å²) in [7, 11) is 0. The van der Waals surface area contributed by atoms with E-state index >= 15 is 0 Å². The largest absolute Gasteiger partial charge is 0.467 e. The van der Waals surface area contributed by atoms with E-state index in [1.54, 1.807) is 18.4 Å². The molecule has 1 unspecified atom stereocenters. The Morgan fingerprint density at radius 2 is 1.80 bits per heavy atom. The number of piperazine rings is 1. The second-order valence-electron chi connectivity index (χ2n) is 7.40. The number of rotatable bonds is 7. The zero-order valence-corrected chi connectivity index (χ0v) is 16.7.